The first-order valence-electron chi connectivity index (χ1n) is 15.3. The van der Waals surface area contributed by atoms with Crippen molar-refractivity contribution in [2.45, 2.75) is 105 Å². The summed E-state index contributed by atoms with van der Waals surface area (Å²) in [6.07, 6.45) is 0.566. The fourth-order valence-electron chi connectivity index (χ4n) is 5.28. The number of hydrogen-bond acceptors (Lipinski definition) is 4. The summed E-state index contributed by atoms with van der Waals surface area (Å²) >= 11 is 0. The molecule has 7 nitrogen and oxygen atoms in total. The van der Waals surface area contributed by atoms with Crippen LogP contribution in [0.2, 0.25) is 0 Å². The first kappa shape index (κ1) is 33.6. The van der Waals surface area contributed by atoms with Crippen LogP contribution in [0.25, 0.3) is 10.8 Å². The highest BCUT2D eigenvalue weighted by Crippen LogP contribution is 2.35. The number of carbonyl (C=O) groups is 3. The maximum Gasteiger partial charge on any atom is 0.408 e. The second kappa shape index (κ2) is 13.6. The zero-order chi connectivity index (χ0) is 32.1. The summed E-state index contributed by atoms with van der Waals surface area (Å²) in [4.78, 5) is 43.8. The third kappa shape index (κ3) is 8.59. The number of nitrogens with zero attached hydrogens (tertiary/aromatic N) is 1. The Balaban J connectivity index is 2.15. The third-order valence-electron chi connectivity index (χ3n) is 7.99. The molecule has 0 aliphatic carbocycles. The first-order chi connectivity index (χ1) is 20.1. The zero-order valence-corrected chi connectivity index (χ0v) is 27.5. The van der Waals surface area contributed by atoms with Crippen LogP contribution in [-0.2, 0) is 14.3 Å². The lowest BCUT2D eigenvalue weighted by atomic mass is 9.88. The number of rotatable bonds is 10. The fourth-order valence-corrected chi connectivity index (χ4v) is 5.28. The molecule has 43 heavy (non-hydrogen) atoms. The molecule has 0 aliphatic rings. The average molecular weight is 588 g/mol. The molecule has 232 valence electrons. The van der Waals surface area contributed by atoms with E-state index in [-0.39, 0.29) is 17.7 Å². The van der Waals surface area contributed by atoms with E-state index in [1.807, 2.05) is 109 Å². The van der Waals surface area contributed by atoms with Crippen LogP contribution in [-0.4, -0.2) is 40.0 Å². The topological polar surface area (TPSA) is 87.7 Å². The third-order valence-corrected chi connectivity index (χ3v) is 7.99. The molecule has 0 aliphatic heterocycles. The molecular weight excluding hydrogens is 538 g/mol. The largest absolute Gasteiger partial charge is 0.444 e. The van der Waals surface area contributed by atoms with Gasteiger partial charge in [0, 0.05) is 11.2 Å². The Labute approximate surface area is 257 Å². The molecule has 3 amide bonds. The van der Waals surface area contributed by atoms with E-state index >= 15 is 0 Å². The van der Waals surface area contributed by atoms with Crippen LogP contribution in [0.5, 0.6) is 0 Å². The highest BCUT2D eigenvalue weighted by molar-refractivity contribution is 6.00. The molecule has 0 aromatic heterocycles. The monoisotopic (exact) mass is 587 g/mol. The quantitative estimate of drug-likeness (QED) is 0.251. The van der Waals surface area contributed by atoms with Gasteiger partial charge in [-0.3, -0.25) is 9.59 Å². The number of benzene rings is 3. The second-order valence-corrected chi connectivity index (χ2v) is 13.3. The molecule has 0 bridgehead atoms. The van der Waals surface area contributed by atoms with Crippen molar-refractivity contribution in [2.75, 3.05) is 5.32 Å². The molecule has 0 heterocycles. The Morgan fingerprint density at radius 1 is 0.860 bits per heavy atom. The Morgan fingerprint density at radius 3 is 2.02 bits per heavy atom. The van der Waals surface area contributed by atoms with Crippen LogP contribution in [0.4, 0.5) is 10.5 Å². The molecule has 3 rings (SSSR count). The minimum absolute atomic E-state index is 0.210. The minimum atomic E-state index is -0.959. The van der Waals surface area contributed by atoms with Crippen molar-refractivity contribution < 1.29 is 19.1 Å². The van der Waals surface area contributed by atoms with Gasteiger partial charge >= 0.3 is 6.09 Å². The molecule has 3 aromatic carbocycles. The van der Waals surface area contributed by atoms with Crippen LogP contribution < -0.4 is 10.6 Å². The summed E-state index contributed by atoms with van der Waals surface area (Å²) in [6, 6.07) is 17.9. The van der Waals surface area contributed by atoms with Gasteiger partial charge in [0.05, 0.1) is 0 Å². The summed E-state index contributed by atoms with van der Waals surface area (Å²) in [6.45, 7) is 19.2. The van der Waals surface area contributed by atoms with E-state index in [1.165, 1.54) is 0 Å². The van der Waals surface area contributed by atoms with E-state index in [2.05, 4.69) is 10.6 Å². The Kier molecular flexibility index (Phi) is 10.7. The van der Waals surface area contributed by atoms with Gasteiger partial charge in [0.2, 0.25) is 5.91 Å². The summed E-state index contributed by atoms with van der Waals surface area (Å²) in [5.74, 6) is -0.862. The molecule has 7 heteroatoms. The van der Waals surface area contributed by atoms with Crippen molar-refractivity contribution >= 4 is 34.4 Å². The second-order valence-electron chi connectivity index (χ2n) is 13.3. The van der Waals surface area contributed by atoms with Gasteiger partial charge in [-0.15, -0.1) is 0 Å². The van der Waals surface area contributed by atoms with Gasteiger partial charge in [0.15, 0.2) is 0 Å². The van der Waals surface area contributed by atoms with Crippen molar-refractivity contribution in [2.24, 2.45) is 5.92 Å². The number of ether oxygens (including phenoxy) is 1. The Bertz CT molecular complexity index is 1440. The molecule has 3 aromatic rings. The highest BCUT2D eigenvalue weighted by Gasteiger charge is 2.44. The van der Waals surface area contributed by atoms with Gasteiger partial charge in [-0.05, 0) is 89.3 Å². The number of anilines is 1. The molecule has 0 fully saturated rings. The predicted molar refractivity (Wildman–Crippen MR) is 175 cm³/mol. The average Bonchev–Trinajstić information content (AvgIpc) is 2.92. The maximum absolute atomic E-state index is 14.7. The molecule has 3 atom stereocenters. The lowest BCUT2D eigenvalue weighted by molar-refractivity contribution is -0.148. The van der Waals surface area contributed by atoms with E-state index in [9.17, 15) is 14.4 Å². The Morgan fingerprint density at radius 2 is 1.47 bits per heavy atom. The molecule has 0 spiro atoms. The van der Waals surface area contributed by atoms with Crippen LogP contribution in [0.1, 0.15) is 91.0 Å². The van der Waals surface area contributed by atoms with Gasteiger partial charge in [-0.2, -0.15) is 0 Å². The zero-order valence-electron chi connectivity index (χ0n) is 27.5. The van der Waals surface area contributed by atoms with Gasteiger partial charge < -0.3 is 20.3 Å². The van der Waals surface area contributed by atoms with Gasteiger partial charge in [0.1, 0.15) is 17.7 Å². The SMILES string of the molecule is CCC(C)C(NC(=O)OC(C)(C)C)C(=O)N(C(C(=O)Nc1ccc2ccccc2c1)c1cc(C)cc(C)c1)C(C)(C)CC. The van der Waals surface area contributed by atoms with Gasteiger partial charge in [0.25, 0.3) is 5.91 Å². The van der Waals surface area contributed by atoms with Crippen LogP contribution in [0, 0.1) is 19.8 Å². The minimum Gasteiger partial charge on any atom is -0.444 e. The normalized spacial score (nSPS) is 14.0. The van der Waals surface area contributed by atoms with E-state index in [0.717, 1.165) is 21.9 Å². The standard InChI is InChI=1S/C36H49N3O4/c1-11-25(5)30(38-34(42)43-35(6,7)8)33(41)39(36(9,10)12-2)31(28-20-23(3)19-24(4)21-28)32(40)37-29-18-17-26-15-13-14-16-27(26)22-29/h13-22,25,30-31H,11-12H2,1-10H3,(H,37,40)(H,38,42). The number of fused-ring (bicyclic) bond motifs is 1. The summed E-state index contributed by atoms with van der Waals surface area (Å²) in [5.41, 5.74) is 1.88. The smallest absolute Gasteiger partial charge is 0.408 e. The van der Waals surface area contributed by atoms with E-state index in [1.54, 1.807) is 25.7 Å². The highest BCUT2D eigenvalue weighted by atomic mass is 16.6. The number of nitrogens with one attached hydrogen (secondary N) is 2. The van der Waals surface area contributed by atoms with Crippen molar-refractivity contribution in [1.82, 2.24) is 10.2 Å². The molecule has 0 saturated carbocycles. The summed E-state index contributed by atoms with van der Waals surface area (Å²) < 4.78 is 5.54. The van der Waals surface area contributed by atoms with Crippen molar-refractivity contribution in [1.29, 1.82) is 0 Å². The summed E-state index contributed by atoms with van der Waals surface area (Å²) in [7, 11) is 0. The maximum atomic E-state index is 14.7. The van der Waals surface area contributed by atoms with Crippen LogP contribution >= 0.6 is 0 Å². The van der Waals surface area contributed by atoms with Gasteiger partial charge in [-0.1, -0.05) is 86.8 Å². The first-order valence-corrected chi connectivity index (χ1v) is 15.3. The van der Waals surface area contributed by atoms with E-state index in [4.69, 9.17) is 4.74 Å². The number of aryl methyl sites for hydroxylation is 2. The molecular formula is C36H49N3O4. The number of carbonyl (C=O) groups excluding carboxylic acids is 3. The Hall–Kier alpha value is -3.87. The van der Waals surface area contributed by atoms with Crippen molar-refractivity contribution in [3.05, 3.63) is 77.4 Å². The molecule has 3 unspecified atom stereocenters. The lowest BCUT2D eigenvalue weighted by Gasteiger charge is -2.45. The number of amides is 3. The number of hydrogen-bond donors (Lipinski definition) is 2. The van der Waals surface area contributed by atoms with E-state index < -0.39 is 29.3 Å². The molecule has 0 saturated heterocycles. The van der Waals surface area contributed by atoms with Crippen LogP contribution in [0.3, 0.4) is 0 Å². The molecule has 2 N–H and O–H groups in total. The van der Waals surface area contributed by atoms with Crippen LogP contribution in [0.15, 0.2) is 60.7 Å². The fraction of sp³-hybridized carbons (Fsp3) is 0.472. The predicted octanol–water partition coefficient (Wildman–Crippen LogP) is 8.09. The molecule has 0 radical (unpaired) electrons. The summed E-state index contributed by atoms with van der Waals surface area (Å²) in [5, 5.41) is 8.04. The lowest BCUT2D eigenvalue weighted by Crippen LogP contribution is -2.60. The van der Waals surface area contributed by atoms with E-state index in [0.29, 0.717) is 24.1 Å². The van der Waals surface area contributed by atoms with Gasteiger partial charge in [-0.25, -0.2) is 4.79 Å². The van der Waals surface area contributed by atoms with Crippen molar-refractivity contribution in [3.63, 3.8) is 0 Å². The van der Waals surface area contributed by atoms with Crippen molar-refractivity contribution in [3.8, 4) is 0 Å². The number of alkyl carbamates (subject to hydrolysis) is 1.